The predicted molar refractivity (Wildman–Crippen MR) is 68.4 cm³/mol. The fourth-order valence-corrected chi connectivity index (χ4v) is 3.02. The molecule has 4 heteroatoms. The molecule has 1 atom stereocenters. The first-order valence-corrected chi connectivity index (χ1v) is 6.82. The van der Waals surface area contributed by atoms with Crippen molar-refractivity contribution in [1.29, 1.82) is 0 Å². The van der Waals surface area contributed by atoms with Crippen molar-refractivity contribution in [2.24, 2.45) is 5.73 Å². The topological polar surface area (TPSA) is 42.1 Å². The van der Waals surface area contributed by atoms with E-state index in [4.69, 9.17) is 5.73 Å². The van der Waals surface area contributed by atoms with Crippen LogP contribution < -0.4 is 5.73 Å². The molecule has 16 heavy (non-hydrogen) atoms. The van der Waals surface area contributed by atoms with Gasteiger partial charge in [0, 0.05) is 17.5 Å². The number of likely N-dealkylation sites (tertiary alicyclic amines) is 1. The van der Waals surface area contributed by atoms with Gasteiger partial charge in [0.25, 0.3) is 0 Å². The van der Waals surface area contributed by atoms with Crippen LogP contribution in [0.3, 0.4) is 0 Å². The first-order valence-electron chi connectivity index (χ1n) is 5.94. The molecule has 2 rings (SSSR count). The fourth-order valence-electron chi connectivity index (χ4n) is 2.26. The van der Waals surface area contributed by atoms with E-state index >= 15 is 0 Å². The number of nitrogens with zero attached hydrogens (tertiary/aromatic N) is 2. The largest absolute Gasteiger partial charge is 0.322 e. The van der Waals surface area contributed by atoms with E-state index in [1.807, 2.05) is 6.92 Å². The summed E-state index contributed by atoms with van der Waals surface area (Å²) >= 11 is 1.68. The van der Waals surface area contributed by atoms with Gasteiger partial charge in [-0.05, 0) is 40.2 Å². The molecule has 2 heterocycles. The number of thiazole rings is 1. The minimum Gasteiger partial charge on any atom is -0.322 e. The fraction of sp³-hybridized carbons (Fsp3) is 0.750. The summed E-state index contributed by atoms with van der Waals surface area (Å²) in [5, 5.41) is 3.19. The number of nitrogens with two attached hydrogens (primary N) is 1. The van der Waals surface area contributed by atoms with Crippen molar-refractivity contribution < 1.29 is 0 Å². The lowest BCUT2D eigenvalue weighted by Gasteiger charge is -2.30. The molecule has 0 saturated carbocycles. The summed E-state index contributed by atoms with van der Waals surface area (Å²) in [5.41, 5.74) is 7.33. The van der Waals surface area contributed by atoms with E-state index in [2.05, 4.69) is 29.1 Å². The van der Waals surface area contributed by atoms with E-state index in [-0.39, 0.29) is 6.04 Å². The molecule has 0 radical (unpaired) electrons. The summed E-state index contributed by atoms with van der Waals surface area (Å²) in [5.74, 6) is 0. The van der Waals surface area contributed by atoms with E-state index in [0.717, 1.165) is 11.6 Å². The molecule has 0 aliphatic carbocycles. The summed E-state index contributed by atoms with van der Waals surface area (Å²) in [6.45, 7) is 8.79. The maximum absolute atomic E-state index is 5.82. The summed E-state index contributed by atoms with van der Waals surface area (Å²) in [6.07, 6.45) is 2.59. The monoisotopic (exact) mass is 239 g/mol. The van der Waals surface area contributed by atoms with Crippen LogP contribution in [-0.4, -0.2) is 22.0 Å². The van der Waals surface area contributed by atoms with Gasteiger partial charge in [-0.15, -0.1) is 11.3 Å². The van der Waals surface area contributed by atoms with Crippen molar-refractivity contribution in [1.82, 2.24) is 9.88 Å². The molecule has 1 saturated heterocycles. The molecule has 1 aliphatic rings. The number of aromatic nitrogens is 1. The Hall–Kier alpha value is -0.450. The smallest absolute Gasteiger partial charge is 0.109 e. The Morgan fingerprint density at radius 1 is 1.62 bits per heavy atom. The van der Waals surface area contributed by atoms with Gasteiger partial charge in [-0.25, -0.2) is 4.98 Å². The zero-order valence-electron chi connectivity index (χ0n) is 10.4. The third-order valence-corrected chi connectivity index (χ3v) is 4.48. The molecule has 1 fully saturated rings. The Labute approximate surface area is 102 Å². The normalized spacial score (nSPS) is 22.5. The second kappa shape index (κ2) is 4.43. The van der Waals surface area contributed by atoms with Gasteiger partial charge in [-0.3, -0.25) is 4.90 Å². The quantitative estimate of drug-likeness (QED) is 0.881. The molecule has 90 valence electrons. The highest BCUT2D eigenvalue weighted by Crippen LogP contribution is 2.30. The standard InChI is InChI=1S/C12H21N3S/c1-9(13)11-14-10(8-16-11)7-15-6-4-5-12(15,2)3/h8-9H,4-7,13H2,1-3H3. The van der Waals surface area contributed by atoms with Crippen molar-refractivity contribution in [3.05, 3.63) is 16.1 Å². The zero-order valence-corrected chi connectivity index (χ0v) is 11.2. The molecule has 0 spiro atoms. The lowest BCUT2D eigenvalue weighted by atomic mass is 10.0. The number of hydrogen-bond acceptors (Lipinski definition) is 4. The van der Waals surface area contributed by atoms with Crippen LogP contribution in [-0.2, 0) is 6.54 Å². The minimum atomic E-state index is 0.0605. The summed E-state index contributed by atoms with van der Waals surface area (Å²) in [4.78, 5) is 7.11. The lowest BCUT2D eigenvalue weighted by Crippen LogP contribution is -2.37. The van der Waals surface area contributed by atoms with Crippen molar-refractivity contribution in [2.75, 3.05) is 6.54 Å². The van der Waals surface area contributed by atoms with Crippen molar-refractivity contribution >= 4 is 11.3 Å². The van der Waals surface area contributed by atoms with Gasteiger partial charge >= 0.3 is 0 Å². The van der Waals surface area contributed by atoms with Crippen LogP contribution in [0, 0.1) is 0 Å². The van der Waals surface area contributed by atoms with E-state index in [1.54, 1.807) is 11.3 Å². The van der Waals surface area contributed by atoms with Crippen LogP contribution in [0.15, 0.2) is 5.38 Å². The van der Waals surface area contributed by atoms with Gasteiger partial charge in [-0.2, -0.15) is 0 Å². The zero-order chi connectivity index (χ0) is 11.8. The molecular formula is C12H21N3S. The summed E-state index contributed by atoms with van der Waals surface area (Å²) < 4.78 is 0. The number of hydrogen-bond donors (Lipinski definition) is 1. The molecule has 1 aromatic rings. The molecule has 2 N–H and O–H groups in total. The Balaban J connectivity index is 2.03. The van der Waals surface area contributed by atoms with Crippen molar-refractivity contribution in [3.63, 3.8) is 0 Å². The van der Waals surface area contributed by atoms with E-state index in [1.165, 1.54) is 25.1 Å². The van der Waals surface area contributed by atoms with Crippen LogP contribution in [0.25, 0.3) is 0 Å². The van der Waals surface area contributed by atoms with Gasteiger partial charge < -0.3 is 5.73 Å². The highest BCUT2D eigenvalue weighted by Gasteiger charge is 2.31. The average Bonchev–Trinajstić information content (AvgIpc) is 2.75. The second-order valence-electron chi connectivity index (χ2n) is 5.30. The maximum Gasteiger partial charge on any atom is 0.109 e. The first-order chi connectivity index (χ1) is 7.49. The van der Waals surface area contributed by atoms with Crippen LogP contribution in [0.5, 0.6) is 0 Å². The summed E-state index contributed by atoms with van der Waals surface area (Å²) in [6, 6.07) is 0.0605. The Morgan fingerprint density at radius 2 is 2.38 bits per heavy atom. The van der Waals surface area contributed by atoms with E-state index in [0.29, 0.717) is 5.54 Å². The highest BCUT2D eigenvalue weighted by atomic mass is 32.1. The van der Waals surface area contributed by atoms with Gasteiger partial charge in [0.1, 0.15) is 5.01 Å². The van der Waals surface area contributed by atoms with E-state index in [9.17, 15) is 0 Å². The molecule has 1 unspecified atom stereocenters. The molecular weight excluding hydrogens is 218 g/mol. The summed E-state index contributed by atoms with van der Waals surface area (Å²) in [7, 11) is 0. The van der Waals surface area contributed by atoms with Crippen molar-refractivity contribution in [2.45, 2.75) is 51.7 Å². The highest BCUT2D eigenvalue weighted by molar-refractivity contribution is 7.09. The lowest BCUT2D eigenvalue weighted by molar-refractivity contribution is 0.165. The molecule has 3 nitrogen and oxygen atoms in total. The molecule has 0 bridgehead atoms. The molecule has 0 aromatic carbocycles. The van der Waals surface area contributed by atoms with Crippen molar-refractivity contribution in [3.8, 4) is 0 Å². The van der Waals surface area contributed by atoms with E-state index < -0.39 is 0 Å². The van der Waals surface area contributed by atoms with Crippen LogP contribution in [0.4, 0.5) is 0 Å². The SMILES string of the molecule is CC(N)c1nc(CN2CCCC2(C)C)cs1. The first kappa shape index (κ1) is 12.0. The molecule has 1 aromatic heterocycles. The molecule has 0 amide bonds. The van der Waals surface area contributed by atoms with Crippen LogP contribution in [0.2, 0.25) is 0 Å². The Kier molecular flexibility index (Phi) is 3.33. The average molecular weight is 239 g/mol. The van der Waals surface area contributed by atoms with Gasteiger partial charge in [-0.1, -0.05) is 0 Å². The molecule has 1 aliphatic heterocycles. The Morgan fingerprint density at radius 3 is 2.88 bits per heavy atom. The van der Waals surface area contributed by atoms with Gasteiger partial charge in [0.2, 0.25) is 0 Å². The van der Waals surface area contributed by atoms with Crippen LogP contribution in [0.1, 0.15) is 50.4 Å². The predicted octanol–water partition coefficient (Wildman–Crippen LogP) is 2.54. The minimum absolute atomic E-state index is 0.0605. The second-order valence-corrected chi connectivity index (χ2v) is 6.19. The number of rotatable bonds is 3. The van der Waals surface area contributed by atoms with Crippen LogP contribution >= 0.6 is 11.3 Å². The third kappa shape index (κ3) is 2.44. The van der Waals surface area contributed by atoms with Gasteiger partial charge in [0.15, 0.2) is 0 Å². The van der Waals surface area contributed by atoms with Gasteiger partial charge in [0.05, 0.1) is 11.7 Å². The Bertz CT molecular complexity index is 357. The maximum atomic E-state index is 5.82. The third-order valence-electron chi connectivity index (χ3n) is 3.38.